The summed E-state index contributed by atoms with van der Waals surface area (Å²) >= 11 is 0. The van der Waals surface area contributed by atoms with E-state index in [9.17, 15) is 5.11 Å². The molecule has 0 saturated heterocycles. The number of aryl methyl sites for hydroxylation is 2. The first-order valence-electron chi connectivity index (χ1n) is 7.30. The van der Waals surface area contributed by atoms with Crippen molar-refractivity contribution in [2.45, 2.75) is 26.9 Å². The summed E-state index contributed by atoms with van der Waals surface area (Å²) in [6.07, 6.45) is 2.87. The number of aliphatic hydroxyl groups excluding tert-OH is 1. The van der Waals surface area contributed by atoms with E-state index in [1.54, 1.807) is 0 Å². The van der Waals surface area contributed by atoms with Gasteiger partial charge in [0.05, 0.1) is 18.0 Å². The van der Waals surface area contributed by atoms with Crippen LogP contribution in [0.15, 0.2) is 52.8 Å². The Hall–Kier alpha value is -2.53. The molecule has 0 aliphatic heterocycles. The first kappa shape index (κ1) is 14.4. The Morgan fingerprint density at radius 3 is 2.55 bits per heavy atom. The number of benzene rings is 1. The number of hydrogen-bond donors (Lipinski definition) is 1. The molecule has 0 spiro atoms. The fraction of sp³-hybridized carbons (Fsp3) is 0.235. The standard InChI is InChI=1S/C17H18N4O/c1-3-13-4-6-15(7-5-13)19-20-17-12(2)18-16-10-14(11-22)8-9-21(16)17/h4-10,22H,3,11H2,1-2H3. The Morgan fingerprint density at radius 2 is 1.86 bits per heavy atom. The topological polar surface area (TPSA) is 62.2 Å². The Labute approximate surface area is 129 Å². The molecule has 5 heteroatoms. The molecule has 3 rings (SSSR count). The maximum Gasteiger partial charge on any atom is 0.182 e. The Balaban J connectivity index is 1.95. The van der Waals surface area contributed by atoms with E-state index in [1.165, 1.54) is 5.56 Å². The molecule has 0 amide bonds. The van der Waals surface area contributed by atoms with Crippen LogP contribution in [0, 0.1) is 6.92 Å². The van der Waals surface area contributed by atoms with Gasteiger partial charge in [-0.2, -0.15) is 0 Å². The minimum Gasteiger partial charge on any atom is -0.392 e. The van der Waals surface area contributed by atoms with Crippen molar-refractivity contribution in [3.05, 3.63) is 59.4 Å². The highest BCUT2D eigenvalue weighted by atomic mass is 16.3. The molecule has 22 heavy (non-hydrogen) atoms. The van der Waals surface area contributed by atoms with E-state index in [-0.39, 0.29) is 6.61 Å². The van der Waals surface area contributed by atoms with Crippen LogP contribution in [-0.2, 0) is 13.0 Å². The molecule has 0 aliphatic carbocycles. The van der Waals surface area contributed by atoms with Gasteiger partial charge in [-0.3, -0.25) is 4.40 Å². The number of fused-ring (bicyclic) bond motifs is 1. The van der Waals surface area contributed by atoms with E-state index in [0.29, 0.717) is 5.82 Å². The predicted molar refractivity (Wildman–Crippen MR) is 85.8 cm³/mol. The molecule has 0 aliphatic rings. The zero-order chi connectivity index (χ0) is 15.5. The molecule has 1 aromatic carbocycles. The number of pyridine rings is 1. The third kappa shape index (κ3) is 2.76. The number of imidazole rings is 1. The van der Waals surface area contributed by atoms with Gasteiger partial charge < -0.3 is 5.11 Å². The van der Waals surface area contributed by atoms with Crippen LogP contribution in [0.3, 0.4) is 0 Å². The molecule has 1 N–H and O–H groups in total. The van der Waals surface area contributed by atoms with Gasteiger partial charge in [0.25, 0.3) is 0 Å². The molecule has 0 atom stereocenters. The lowest BCUT2D eigenvalue weighted by molar-refractivity contribution is 0.282. The average Bonchev–Trinajstić information content (AvgIpc) is 2.87. The van der Waals surface area contributed by atoms with Crippen LogP contribution in [0.2, 0.25) is 0 Å². The fourth-order valence-corrected chi connectivity index (χ4v) is 2.31. The van der Waals surface area contributed by atoms with Crippen LogP contribution in [0.1, 0.15) is 23.7 Å². The summed E-state index contributed by atoms with van der Waals surface area (Å²) in [5.74, 6) is 0.707. The number of rotatable bonds is 4. The van der Waals surface area contributed by atoms with Gasteiger partial charge in [-0.15, -0.1) is 10.2 Å². The van der Waals surface area contributed by atoms with Gasteiger partial charge in [-0.1, -0.05) is 19.1 Å². The smallest absolute Gasteiger partial charge is 0.182 e. The second-order valence-corrected chi connectivity index (χ2v) is 5.16. The number of aromatic nitrogens is 2. The number of hydrogen-bond acceptors (Lipinski definition) is 4. The summed E-state index contributed by atoms with van der Waals surface area (Å²) in [4.78, 5) is 4.46. The van der Waals surface area contributed by atoms with Crippen molar-refractivity contribution in [1.82, 2.24) is 9.38 Å². The fourth-order valence-electron chi connectivity index (χ4n) is 2.31. The normalized spacial score (nSPS) is 11.6. The van der Waals surface area contributed by atoms with Crippen molar-refractivity contribution in [1.29, 1.82) is 0 Å². The first-order valence-corrected chi connectivity index (χ1v) is 7.30. The molecule has 2 heterocycles. The minimum atomic E-state index is 0.00301. The third-order valence-corrected chi connectivity index (χ3v) is 3.62. The van der Waals surface area contributed by atoms with E-state index < -0.39 is 0 Å². The summed E-state index contributed by atoms with van der Waals surface area (Å²) < 4.78 is 1.87. The molecular formula is C17H18N4O. The van der Waals surface area contributed by atoms with Crippen LogP contribution < -0.4 is 0 Å². The van der Waals surface area contributed by atoms with Gasteiger partial charge >= 0.3 is 0 Å². The maximum absolute atomic E-state index is 9.19. The third-order valence-electron chi connectivity index (χ3n) is 3.62. The number of nitrogens with zero attached hydrogens (tertiary/aromatic N) is 4. The van der Waals surface area contributed by atoms with E-state index in [0.717, 1.165) is 29.0 Å². The molecule has 0 radical (unpaired) electrons. The van der Waals surface area contributed by atoms with Crippen molar-refractivity contribution in [3.8, 4) is 0 Å². The molecule has 0 fully saturated rings. The second-order valence-electron chi connectivity index (χ2n) is 5.16. The second kappa shape index (κ2) is 6.07. The van der Waals surface area contributed by atoms with Gasteiger partial charge in [0.2, 0.25) is 0 Å². The molecule has 3 aromatic rings. The van der Waals surface area contributed by atoms with Crippen molar-refractivity contribution in [2.24, 2.45) is 10.2 Å². The van der Waals surface area contributed by atoms with Crippen LogP contribution in [0.25, 0.3) is 5.65 Å². The summed E-state index contributed by atoms with van der Waals surface area (Å²) in [5, 5.41) is 17.8. The lowest BCUT2D eigenvalue weighted by atomic mass is 10.2. The molecule has 0 saturated carbocycles. The van der Waals surface area contributed by atoms with Gasteiger partial charge in [0.15, 0.2) is 5.82 Å². The molecular weight excluding hydrogens is 276 g/mol. The SMILES string of the molecule is CCc1ccc(N=Nc2c(C)nc3cc(CO)ccn23)cc1. The summed E-state index contributed by atoms with van der Waals surface area (Å²) in [6, 6.07) is 11.7. The van der Waals surface area contributed by atoms with Crippen molar-refractivity contribution in [2.75, 3.05) is 0 Å². The van der Waals surface area contributed by atoms with Crippen molar-refractivity contribution in [3.63, 3.8) is 0 Å². The minimum absolute atomic E-state index is 0.00301. The average molecular weight is 294 g/mol. The van der Waals surface area contributed by atoms with Crippen molar-refractivity contribution < 1.29 is 5.11 Å². The highest BCUT2D eigenvalue weighted by molar-refractivity contribution is 5.53. The van der Waals surface area contributed by atoms with E-state index in [1.807, 2.05) is 41.8 Å². The molecule has 112 valence electrons. The van der Waals surface area contributed by atoms with Gasteiger partial charge in [0.1, 0.15) is 5.65 Å². The Bertz CT molecular complexity index is 819. The maximum atomic E-state index is 9.19. The predicted octanol–water partition coefficient (Wildman–Crippen LogP) is 4.11. The first-order chi connectivity index (χ1) is 10.7. The van der Waals surface area contributed by atoms with Crippen LogP contribution in [0.4, 0.5) is 11.5 Å². The quantitative estimate of drug-likeness (QED) is 0.736. The molecule has 0 bridgehead atoms. The Kier molecular flexibility index (Phi) is 3.98. The zero-order valence-corrected chi connectivity index (χ0v) is 12.7. The van der Waals surface area contributed by atoms with Gasteiger partial charge in [-0.25, -0.2) is 4.98 Å². The van der Waals surface area contributed by atoms with Crippen molar-refractivity contribution >= 4 is 17.2 Å². The van der Waals surface area contributed by atoms with E-state index >= 15 is 0 Å². The zero-order valence-electron chi connectivity index (χ0n) is 12.7. The number of azo groups is 1. The van der Waals surface area contributed by atoms with E-state index in [4.69, 9.17) is 0 Å². The van der Waals surface area contributed by atoms with Gasteiger partial charge in [0, 0.05) is 6.20 Å². The highest BCUT2D eigenvalue weighted by Gasteiger charge is 2.08. The number of aliphatic hydroxyl groups is 1. The van der Waals surface area contributed by atoms with E-state index in [2.05, 4.69) is 34.3 Å². The highest BCUT2D eigenvalue weighted by Crippen LogP contribution is 2.24. The molecule has 2 aromatic heterocycles. The van der Waals surface area contributed by atoms with Gasteiger partial charge in [-0.05, 0) is 48.7 Å². The Morgan fingerprint density at radius 1 is 1.09 bits per heavy atom. The van der Waals surface area contributed by atoms with Crippen LogP contribution in [-0.4, -0.2) is 14.5 Å². The van der Waals surface area contributed by atoms with Crippen LogP contribution in [0.5, 0.6) is 0 Å². The lowest BCUT2D eigenvalue weighted by Gasteiger charge is -1.99. The monoisotopic (exact) mass is 294 g/mol. The lowest BCUT2D eigenvalue weighted by Crippen LogP contribution is -1.88. The summed E-state index contributed by atoms with van der Waals surface area (Å²) in [7, 11) is 0. The largest absolute Gasteiger partial charge is 0.392 e. The molecule has 5 nitrogen and oxygen atoms in total. The van der Waals surface area contributed by atoms with Crippen LogP contribution >= 0.6 is 0 Å². The summed E-state index contributed by atoms with van der Waals surface area (Å²) in [6.45, 7) is 4.03. The summed E-state index contributed by atoms with van der Waals surface area (Å²) in [5.41, 5.74) is 4.50. The molecule has 0 unspecified atom stereocenters.